The summed E-state index contributed by atoms with van der Waals surface area (Å²) in [5.74, 6) is -0.0514. The number of fused-ring (bicyclic) bond motifs is 1. The van der Waals surface area contributed by atoms with Gasteiger partial charge in [0, 0.05) is 5.57 Å². The molecule has 2 nitrogen and oxygen atoms in total. The van der Waals surface area contributed by atoms with E-state index in [-0.39, 0.29) is 11.9 Å². The summed E-state index contributed by atoms with van der Waals surface area (Å²) in [5.41, 5.74) is 3.14. The standard InChI is InChI=1S/C12H13NO/c1-8(2)12(14)13-11-7-9-5-3-4-6-10(9)11/h3-6,11H,1,7H2,2H3,(H,13,14). The highest BCUT2D eigenvalue weighted by Crippen LogP contribution is 2.32. The summed E-state index contributed by atoms with van der Waals surface area (Å²) in [5, 5.41) is 2.93. The zero-order valence-corrected chi connectivity index (χ0v) is 8.21. The Morgan fingerprint density at radius 1 is 1.50 bits per heavy atom. The minimum atomic E-state index is -0.0514. The molecule has 14 heavy (non-hydrogen) atoms. The van der Waals surface area contributed by atoms with Crippen LogP contribution in [0.5, 0.6) is 0 Å². The molecule has 1 aliphatic carbocycles. The van der Waals surface area contributed by atoms with Crippen molar-refractivity contribution in [1.82, 2.24) is 5.32 Å². The number of carbonyl (C=O) groups excluding carboxylic acids is 1. The topological polar surface area (TPSA) is 29.1 Å². The lowest BCUT2D eigenvalue weighted by atomic mass is 9.83. The molecule has 1 aromatic rings. The van der Waals surface area contributed by atoms with E-state index in [1.807, 2.05) is 12.1 Å². The van der Waals surface area contributed by atoms with Crippen LogP contribution in [0.3, 0.4) is 0 Å². The van der Waals surface area contributed by atoms with Crippen molar-refractivity contribution in [2.75, 3.05) is 0 Å². The van der Waals surface area contributed by atoms with Crippen LogP contribution in [0.1, 0.15) is 24.1 Å². The van der Waals surface area contributed by atoms with E-state index in [4.69, 9.17) is 0 Å². The molecule has 1 N–H and O–H groups in total. The smallest absolute Gasteiger partial charge is 0.246 e. The molecule has 0 aromatic heterocycles. The van der Waals surface area contributed by atoms with Crippen molar-refractivity contribution in [2.24, 2.45) is 0 Å². The predicted molar refractivity (Wildman–Crippen MR) is 55.8 cm³/mol. The molecule has 0 fully saturated rings. The fraction of sp³-hybridized carbons (Fsp3) is 0.250. The lowest BCUT2D eigenvalue weighted by Crippen LogP contribution is -2.35. The van der Waals surface area contributed by atoms with Gasteiger partial charge in [0.1, 0.15) is 0 Å². The Kier molecular flexibility index (Phi) is 2.12. The number of nitrogens with one attached hydrogen (secondary N) is 1. The molecular formula is C12H13NO. The van der Waals surface area contributed by atoms with Crippen molar-refractivity contribution in [2.45, 2.75) is 19.4 Å². The molecule has 1 aromatic carbocycles. The molecule has 0 aliphatic heterocycles. The van der Waals surface area contributed by atoms with Crippen LogP contribution in [0.2, 0.25) is 0 Å². The van der Waals surface area contributed by atoms with Crippen LogP contribution in [-0.2, 0) is 11.2 Å². The Labute approximate surface area is 83.6 Å². The maximum absolute atomic E-state index is 11.3. The summed E-state index contributed by atoms with van der Waals surface area (Å²) in [7, 11) is 0. The van der Waals surface area contributed by atoms with Gasteiger partial charge < -0.3 is 5.32 Å². The Hall–Kier alpha value is -1.57. The zero-order chi connectivity index (χ0) is 10.1. The van der Waals surface area contributed by atoms with Gasteiger partial charge >= 0.3 is 0 Å². The lowest BCUT2D eigenvalue weighted by molar-refractivity contribution is -0.118. The molecule has 0 bridgehead atoms. The maximum Gasteiger partial charge on any atom is 0.246 e. The maximum atomic E-state index is 11.3. The SMILES string of the molecule is C=C(C)C(=O)NC1Cc2ccccc21. The third kappa shape index (κ3) is 1.43. The van der Waals surface area contributed by atoms with E-state index in [9.17, 15) is 4.79 Å². The Bertz CT molecular complexity index is 395. The van der Waals surface area contributed by atoms with Crippen molar-refractivity contribution in [1.29, 1.82) is 0 Å². The minimum absolute atomic E-state index is 0.0514. The van der Waals surface area contributed by atoms with Crippen LogP contribution in [0, 0.1) is 0 Å². The molecule has 2 heteroatoms. The zero-order valence-electron chi connectivity index (χ0n) is 8.21. The highest BCUT2D eigenvalue weighted by Gasteiger charge is 2.26. The summed E-state index contributed by atoms with van der Waals surface area (Å²) in [6, 6.07) is 8.37. The van der Waals surface area contributed by atoms with E-state index in [1.54, 1.807) is 6.92 Å². The van der Waals surface area contributed by atoms with E-state index in [2.05, 4.69) is 24.0 Å². The Morgan fingerprint density at radius 3 is 2.86 bits per heavy atom. The summed E-state index contributed by atoms with van der Waals surface area (Å²) in [6.45, 7) is 5.33. The van der Waals surface area contributed by atoms with Crippen LogP contribution < -0.4 is 5.32 Å². The highest BCUT2D eigenvalue weighted by atomic mass is 16.1. The molecule has 72 valence electrons. The number of hydrogen-bond acceptors (Lipinski definition) is 1. The average Bonchev–Trinajstić information content (AvgIpc) is 2.13. The molecular weight excluding hydrogens is 174 g/mol. The first kappa shape index (κ1) is 9.00. The molecule has 0 heterocycles. The largest absolute Gasteiger partial charge is 0.345 e. The second kappa shape index (κ2) is 3.29. The number of amides is 1. The second-order valence-electron chi connectivity index (χ2n) is 3.71. The van der Waals surface area contributed by atoms with Gasteiger partial charge in [-0.05, 0) is 24.5 Å². The van der Waals surface area contributed by atoms with Gasteiger partial charge in [0.2, 0.25) is 5.91 Å². The predicted octanol–water partition coefficient (Wildman–Crippen LogP) is 1.98. The van der Waals surface area contributed by atoms with Gasteiger partial charge in [-0.1, -0.05) is 30.8 Å². The molecule has 0 spiro atoms. The van der Waals surface area contributed by atoms with Crippen LogP contribution in [-0.4, -0.2) is 5.91 Å². The fourth-order valence-corrected chi connectivity index (χ4v) is 1.67. The third-order valence-corrected chi connectivity index (χ3v) is 2.55. The number of hydrogen-bond donors (Lipinski definition) is 1. The monoisotopic (exact) mass is 187 g/mol. The average molecular weight is 187 g/mol. The summed E-state index contributed by atoms with van der Waals surface area (Å²) in [6.07, 6.45) is 0.940. The summed E-state index contributed by atoms with van der Waals surface area (Å²) < 4.78 is 0. The minimum Gasteiger partial charge on any atom is -0.345 e. The molecule has 0 saturated carbocycles. The quantitative estimate of drug-likeness (QED) is 0.705. The van der Waals surface area contributed by atoms with Gasteiger partial charge in [-0.25, -0.2) is 0 Å². The normalized spacial score (nSPS) is 17.9. The van der Waals surface area contributed by atoms with Gasteiger partial charge in [0.15, 0.2) is 0 Å². The Balaban J connectivity index is 2.06. The van der Waals surface area contributed by atoms with Crippen molar-refractivity contribution < 1.29 is 4.79 Å². The van der Waals surface area contributed by atoms with Crippen LogP contribution >= 0.6 is 0 Å². The van der Waals surface area contributed by atoms with Crippen LogP contribution in [0.25, 0.3) is 0 Å². The van der Waals surface area contributed by atoms with E-state index in [1.165, 1.54) is 11.1 Å². The van der Waals surface area contributed by atoms with Crippen molar-refractivity contribution in [3.8, 4) is 0 Å². The first-order chi connectivity index (χ1) is 6.68. The second-order valence-corrected chi connectivity index (χ2v) is 3.71. The molecule has 1 aliphatic rings. The molecule has 1 amide bonds. The third-order valence-electron chi connectivity index (χ3n) is 2.55. The number of benzene rings is 1. The van der Waals surface area contributed by atoms with E-state index in [0.717, 1.165) is 6.42 Å². The molecule has 0 saturated heterocycles. The van der Waals surface area contributed by atoms with Crippen molar-refractivity contribution in [3.05, 3.63) is 47.5 Å². The van der Waals surface area contributed by atoms with E-state index < -0.39 is 0 Å². The fourth-order valence-electron chi connectivity index (χ4n) is 1.67. The summed E-state index contributed by atoms with van der Waals surface area (Å²) in [4.78, 5) is 11.3. The molecule has 1 unspecified atom stereocenters. The number of rotatable bonds is 2. The Morgan fingerprint density at radius 2 is 2.21 bits per heavy atom. The van der Waals surface area contributed by atoms with E-state index in [0.29, 0.717) is 5.57 Å². The molecule has 1 atom stereocenters. The molecule has 2 rings (SSSR count). The van der Waals surface area contributed by atoms with Crippen molar-refractivity contribution >= 4 is 5.91 Å². The lowest BCUT2D eigenvalue weighted by Gasteiger charge is -2.30. The van der Waals surface area contributed by atoms with Crippen LogP contribution in [0.4, 0.5) is 0 Å². The highest BCUT2D eigenvalue weighted by molar-refractivity contribution is 5.92. The van der Waals surface area contributed by atoms with E-state index >= 15 is 0 Å². The first-order valence-corrected chi connectivity index (χ1v) is 4.72. The van der Waals surface area contributed by atoms with Gasteiger partial charge in [-0.15, -0.1) is 0 Å². The molecule has 0 radical (unpaired) electrons. The van der Waals surface area contributed by atoms with Crippen LogP contribution in [0.15, 0.2) is 36.4 Å². The number of carbonyl (C=O) groups is 1. The van der Waals surface area contributed by atoms with Gasteiger partial charge in [0.05, 0.1) is 6.04 Å². The van der Waals surface area contributed by atoms with Crippen molar-refractivity contribution in [3.63, 3.8) is 0 Å². The van der Waals surface area contributed by atoms with Gasteiger partial charge in [-0.3, -0.25) is 4.79 Å². The summed E-state index contributed by atoms with van der Waals surface area (Å²) >= 11 is 0. The first-order valence-electron chi connectivity index (χ1n) is 4.72. The van der Waals surface area contributed by atoms with Gasteiger partial charge in [-0.2, -0.15) is 0 Å². The van der Waals surface area contributed by atoms with Gasteiger partial charge in [0.25, 0.3) is 0 Å².